The second kappa shape index (κ2) is 11.6. The molecule has 2 aliphatic rings. The van der Waals surface area contributed by atoms with E-state index in [4.69, 9.17) is 4.74 Å². The van der Waals surface area contributed by atoms with Crippen LogP contribution in [0.5, 0.6) is 0 Å². The van der Waals surface area contributed by atoms with Gasteiger partial charge in [-0.05, 0) is 22.9 Å². The van der Waals surface area contributed by atoms with Gasteiger partial charge in [0.2, 0.25) is 5.91 Å². The molecule has 2 amide bonds. The Labute approximate surface area is 216 Å². The molecule has 0 radical (unpaired) electrons. The standard InChI is InChI=1S/C27H35FN4O3S/c1-27(2,3)18-25(33)31(11-10-30-12-14-35-15-13-30)19-26(34)32-23(24-9-6-16-36-24)17-22(29-32)20-7-4-5-8-21(20)28/h4-9,16,23H,10-15,17-19H2,1-3H3/t23-/m1/s1. The molecule has 1 fully saturated rings. The van der Waals surface area contributed by atoms with Crippen molar-refractivity contribution in [3.8, 4) is 0 Å². The molecule has 4 rings (SSSR count). The lowest BCUT2D eigenvalue weighted by molar-refractivity contribution is -0.142. The van der Waals surface area contributed by atoms with Crippen LogP contribution in [0.1, 0.15) is 50.1 Å². The first-order valence-corrected chi connectivity index (χ1v) is 13.3. The number of carbonyl (C=O) groups excluding carboxylic acids is 2. The molecular weight excluding hydrogens is 479 g/mol. The van der Waals surface area contributed by atoms with Crippen molar-refractivity contribution in [3.05, 3.63) is 58.0 Å². The predicted molar refractivity (Wildman–Crippen MR) is 139 cm³/mol. The summed E-state index contributed by atoms with van der Waals surface area (Å²) < 4.78 is 20.0. The molecule has 3 heterocycles. The molecule has 0 saturated carbocycles. The van der Waals surface area contributed by atoms with E-state index in [0.717, 1.165) is 18.0 Å². The number of ether oxygens (including phenoxy) is 1. The Morgan fingerprint density at radius 2 is 1.92 bits per heavy atom. The first-order valence-electron chi connectivity index (χ1n) is 12.5. The monoisotopic (exact) mass is 514 g/mol. The van der Waals surface area contributed by atoms with Crippen molar-refractivity contribution in [1.29, 1.82) is 0 Å². The minimum absolute atomic E-state index is 0.0470. The summed E-state index contributed by atoms with van der Waals surface area (Å²) in [6.07, 6.45) is 0.776. The van der Waals surface area contributed by atoms with Crippen LogP contribution >= 0.6 is 11.3 Å². The van der Waals surface area contributed by atoms with Gasteiger partial charge in [-0.25, -0.2) is 9.40 Å². The summed E-state index contributed by atoms with van der Waals surface area (Å²) in [4.78, 5) is 31.8. The van der Waals surface area contributed by atoms with Crippen molar-refractivity contribution >= 4 is 28.9 Å². The maximum absolute atomic E-state index is 14.5. The summed E-state index contributed by atoms with van der Waals surface area (Å²) in [6.45, 7) is 10.1. The van der Waals surface area contributed by atoms with Gasteiger partial charge in [0.15, 0.2) is 0 Å². The molecule has 1 atom stereocenters. The van der Waals surface area contributed by atoms with E-state index in [1.807, 2.05) is 38.3 Å². The number of hydrazone groups is 1. The Hall–Kier alpha value is -2.62. The van der Waals surface area contributed by atoms with Gasteiger partial charge >= 0.3 is 0 Å². The average molecular weight is 515 g/mol. The minimum Gasteiger partial charge on any atom is -0.379 e. The molecule has 0 spiro atoms. The Morgan fingerprint density at radius 1 is 1.17 bits per heavy atom. The molecule has 9 heteroatoms. The van der Waals surface area contributed by atoms with E-state index in [9.17, 15) is 14.0 Å². The molecule has 1 saturated heterocycles. The lowest BCUT2D eigenvalue weighted by atomic mass is 9.91. The van der Waals surface area contributed by atoms with Crippen LogP contribution in [0.15, 0.2) is 46.9 Å². The van der Waals surface area contributed by atoms with Crippen molar-refractivity contribution in [2.45, 2.75) is 39.7 Å². The number of carbonyl (C=O) groups is 2. The fourth-order valence-corrected chi connectivity index (χ4v) is 5.29. The van der Waals surface area contributed by atoms with Crippen molar-refractivity contribution in [2.75, 3.05) is 45.9 Å². The maximum atomic E-state index is 14.5. The third kappa shape index (κ3) is 6.78. The highest BCUT2D eigenvalue weighted by Gasteiger charge is 2.36. The largest absolute Gasteiger partial charge is 0.379 e. The van der Waals surface area contributed by atoms with Crippen LogP contribution in [-0.2, 0) is 14.3 Å². The quantitative estimate of drug-likeness (QED) is 0.531. The van der Waals surface area contributed by atoms with E-state index >= 15 is 0 Å². The Morgan fingerprint density at radius 3 is 2.58 bits per heavy atom. The van der Waals surface area contributed by atoms with Crippen LogP contribution in [-0.4, -0.2) is 78.3 Å². The number of thiophene rings is 1. The van der Waals surface area contributed by atoms with Crippen molar-refractivity contribution < 1.29 is 18.7 Å². The number of rotatable bonds is 8. The number of hydrogen-bond acceptors (Lipinski definition) is 6. The topological polar surface area (TPSA) is 65.5 Å². The Bertz CT molecular complexity index is 1080. The van der Waals surface area contributed by atoms with Crippen LogP contribution in [0.25, 0.3) is 0 Å². The van der Waals surface area contributed by atoms with E-state index in [0.29, 0.717) is 50.4 Å². The second-order valence-corrected chi connectivity index (χ2v) is 11.5. The molecule has 194 valence electrons. The Balaban J connectivity index is 1.54. The summed E-state index contributed by atoms with van der Waals surface area (Å²) in [6, 6.07) is 10.1. The van der Waals surface area contributed by atoms with Crippen LogP contribution < -0.4 is 0 Å². The summed E-state index contributed by atoms with van der Waals surface area (Å²) >= 11 is 1.54. The molecule has 1 aromatic carbocycles. The number of amides is 2. The molecule has 0 aliphatic carbocycles. The predicted octanol–water partition coefficient (Wildman–Crippen LogP) is 4.16. The molecular formula is C27H35FN4O3S. The highest BCUT2D eigenvalue weighted by Crippen LogP contribution is 2.35. The Kier molecular flexibility index (Phi) is 8.54. The van der Waals surface area contributed by atoms with E-state index in [2.05, 4.69) is 10.0 Å². The van der Waals surface area contributed by atoms with Gasteiger partial charge < -0.3 is 9.64 Å². The van der Waals surface area contributed by atoms with Gasteiger partial charge in [-0.3, -0.25) is 14.5 Å². The smallest absolute Gasteiger partial charge is 0.262 e. The number of nitrogens with zero attached hydrogens (tertiary/aromatic N) is 4. The van der Waals surface area contributed by atoms with Gasteiger partial charge in [0, 0.05) is 49.5 Å². The average Bonchev–Trinajstić information content (AvgIpc) is 3.51. The number of benzene rings is 1. The molecule has 2 aliphatic heterocycles. The van der Waals surface area contributed by atoms with Crippen LogP contribution in [0.3, 0.4) is 0 Å². The fraction of sp³-hybridized carbons (Fsp3) is 0.519. The SMILES string of the molecule is CC(C)(C)CC(=O)N(CCN1CCOCC1)CC(=O)N1N=C(c2ccccc2F)C[C@@H]1c1cccs1. The van der Waals surface area contributed by atoms with Crippen LogP contribution in [0, 0.1) is 11.2 Å². The molecule has 0 N–H and O–H groups in total. The first kappa shape index (κ1) is 26.4. The van der Waals surface area contributed by atoms with E-state index in [1.165, 1.54) is 11.1 Å². The zero-order valence-corrected chi connectivity index (χ0v) is 22.1. The molecule has 2 aromatic rings. The fourth-order valence-electron chi connectivity index (χ4n) is 4.48. The van der Waals surface area contributed by atoms with E-state index in [-0.39, 0.29) is 35.6 Å². The third-order valence-corrected chi connectivity index (χ3v) is 7.35. The van der Waals surface area contributed by atoms with Crippen molar-refractivity contribution in [1.82, 2.24) is 14.8 Å². The zero-order chi connectivity index (χ0) is 25.7. The highest BCUT2D eigenvalue weighted by molar-refractivity contribution is 7.10. The maximum Gasteiger partial charge on any atom is 0.262 e. The van der Waals surface area contributed by atoms with Gasteiger partial charge in [-0.2, -0.15) is 5.10 Å². The number of morpholine rings is 1. The van der Waals surface area contributed by atoms with Gasteiger partial charge in [0.1, 0.15) is 12.4 Å². The normalized spacial score (nSPS) is 18.8. The third-order valence-electron chi connectivity index (χ3n) is 6.37. The second-order valence-electron chi connectivity index (χ2n) is 10.5. The molecule has 0 unspecified atom stereocenters. The van der Waals surface area contributed by atoms with Crippen molar-refractivity contribution in [3.63, 3.8) is 0 Å². The number of halogens is 1. The van der Waals surface area contributed by atoms with E-state index < -0.39 is 0 Å². The summed E-state index contributed by atoms with van der Waals surface area (Å²) in [5.74, 6) is -0.666. The van der Waals surface area contributed by atoms with Gasteiger partial charge in [-0.1, -0.05) is 45.0 Å². The highest BCUT2D eigenvalue weighted by atomic mass is 32.1. The molecule has 36 heavy (non-hydrogen) atoms. The van der Waals surface area contributed by atoms with Gasteiger partial charge in [-0.15, -0.1) is 11.3 Å². The van der Waals surface area contributed by atoms with Crippen LogP contribution in [0.4, 0.5) is 4.39 Å². The zero-order valence-electron chi connectivity index (χ0n) is 21.3. The minimum atomic E-state index is -0.358. The molecule has 1 aromatic heterocycles. The summed E-state index contributed by atoms with van der Waals surface area (Å²) in [5, 5.41) is 8.01. The van der Waals surface area contributed by atoms with Crippen molar-refractivity contribution in [2.24, 2.45) is 10.5 Å². The van der Waals surface area contributed by atoms with Crippen LogP contribution in [0.2, 0.25) is 0 Å². The lowest BCUT2D eigenvalue weighted by Crippen LogP contribution is -2.47. The summed E-state index contributed by atoms with van der Waals surface area (Å²) in [5.41, 5.74) is 0.753. The number of hydrogen-bond donors (Lipinski definition) is 0. The molecule has 7 nitrogen and oxygen atoms in total. The van der Waals surface area contributed by atoms with Gasteiger partial charge in [0.05, 0.1) is 25.0 Å². The first-order chi connectivity index (χ1) is 17.2. The summed E-state index contributed by atoms with van der Waals surface area (Å²) in [7, 11) is 0. The van der Waals surface area contributed by atoms with Gasteiger partial charge in [0.25, 0.3) is 5.91 Å². The van der Waals surface area contributed by atoms with E-state index in [1.54, 1.807) is 34.4 Å². The molecule has 0 bridgehead atoms. The lowest BCUT2D eigenvalue weighted by Gasteiger charge is -2.32.